The van der Waals surface area contributed by atoms with E-state index in [1.807, 2.05) is 13.0 Å². The third-order valence-electron chi connectivity index (χ3n) is 2.56. The molecule has 0 spiro atoms. The molecule has 0 aliphatic carbocycles. The maximum atomic E-state index is 11.5. The molecule has 0 aliphatic heterocycles. The van der Waals surface area contributed by atoms with Gasteiger partial charge >= 0.3 is 0 Å². The van der Waals surface area contributed by atoms with Crippen LogP contribution in [0.25, 0.3) is 0 Å². The van der Waals surface area contributed by atoms with E-state index in [0.29, 0.717) is 35.9 Å². The van der Waals surface area contributed by atoms with Gasteiger partial charge in [-0.05, 0) is 44.0 Å². The fourth-order valence-electron chi connectivity index (χ4n) is 1.68. The zero-order valence-electron chi connectivity index (χ0n) is 10.8. The summed E-state index contributed by atoms with van der Waals surface area (Å²) in [5.41, 5.74) is 6.33. The molecule has 3 nitrogen and oxygen atoms in total. The number of benzene rings is 1. The van der Waals surface area contributed by atoms with Crippen LogP contribution in [0.2, 0.25) is 10.0 Å². The van der Waals surface area contributed by atoms with Crippen molar-refractivity contribution in [3.8, 4) is 0 Å². The lowest BCUT2D eigenvalue weighted by molar-refractivity contribution is -0.121. The average Bonchev–Trinajstić information content (AvgIpc) is 2.30. The number of amides is 1. The molecule has 1 rings (SSSR count). The van der Waals surface area contributed by atoms with Gasteiger partial charge in [0.25, 0.3) is 0 Å². The number of carbonyl (C=O) groups is 1. The van der Waals surface area contributed by atoms with Gasteiger partial charge in [-0.25, -0.2) is 0 Å². The molecule has 0 radical (unpaired) electrons. The normalized spacial score (nSPS) is 11.6. The Kier molecular flexibility index (Phi) is 9.19. The van der Waals surface area contributed by atoms with Crippen molar-refractivity contribution in [2.24, 2.45) is 5.73 Å². The summed E-state index contributed by atoms with van der Waals surface area (Å²) in [6.45, 7) is 2.48. The second-order valence-corrected chi connectivity index (χ2v) is 5.14. The largest absolute Gasteiger partial charge is 0.353 e. The van der Waals surface area contributed by atoms with Crippen LogP contribution in [0.15, 0.2) is 18.2 Å². The lowest BCUT2D eigenvalue weighted by atomic mass is 10.1. The first-order valence-corrected chi connectivity index (χ1v) is 6.72. The number of hydrogen-bond acceptors (Lipinski definition) is 2. The number of carbonyl (C=O) groups excluding carboxylic acids is 1. The van der Waals surface area contributed by atoms with Gasteiger partial charge in [-0.15, -0.1) is 12.4 Å². The van der Waals surface area contributed by atoms with Gasteiger partial charge < -0.3 is 11.1 Å². The van der Waals surface area contributed by atoms with E-state index in [1.165, 1.54) is 0 Å². The van der Waals surface area contributed by atoms with E-state index in [9.17, 15) is 4.79 Å². The molecule has 0 fully saturated rings. The Morgan fingerprint density at radius 2 is 2.11 bits per heavy atom. The van der Waals surface area contributed by atoms with E-state index in [2.05, 4.69) is 5.32 Å². The molecule has 0 heterocycles. The van der Waals surface area contributed by atoms with Crippen molar-refractivity contribution in [3.05, 3.63) is 33.8 Å². The zero-order valence-corrected chi connectivity index (χ0v) is 13.1. The maximum absolute atomic E-state index is 11.5. The smallest absolute Gasteiger partial charge is 0.220 e. The summed E-state index contributed by atoms with van der Waals surface area (Å²) in [7, 11) is 0. The highest BCUT2D eigenvalue weighted by atomic mass is 35.5. The van der Waals surface area contributed by atoms with Crippen LogP contribution < -0.4 is 11.1 Å². The summed E-state index contributed by atoms with van der Waals surface area (Å²) in [6, 6.07) is 5.43. The molecule has 0 saturated carbocycles. The minimum Gasteiger partial charge on any atom is -0.353 e. The maximum Gasteiger partial charge on any atom is 0.220 e. The van der Waals surface area contributed by atoms with Gasteiger partial charge in [0.05, 0.1) is 0 Å². The fraction of sp³-hybridized carbons (Fsp3) is 0.462. The van der Waals surface area contributed by atoms with E-state index in [-0.39, 0.29) is 24.4 Å². The highest BCUT2D eigenvalue weighted by molar-refractivity contribution is 6.35. The first kappa shape index (κ1) is 18.5. The van der Waals surface area contributed by atoms with Crippen LogP contribution in [0, 0.1) is 0 Å². The van der Waals surface area contributed by atoms with Crippen molar-refractivity contribution < 1.29 is 4.79 Å². The van der Waals surface area contributed by atoms with Gasteiger partial charge in [0, 0.05) is 22.5 Å². The van der Waals surface area contributed by atoms with Crippen LogP contribution in [-0.2, 0) is 11.2 Å². The summed E-state index contributed by atoms with van der Waals surface area (Å²) in [4.78, 5) is 11.5. The Bertz CT molecular complexity index is 413. The van der Waals surface area contributed by atoms with Crippen LogP contribution in [0.1, 0.15) is 25.3 Å². The molecular weight excluding hydrogens is 307 g/mol. The summed E-state index contributed by atoms with van der Waals surface area (Å²) in [6.07, 6.45) is 1.86. The molecule has 19 heavy (non-hydrogen) atoms. The van der Waals surface area contributed by atoms with Crippen LogP contribution in [-0.4, -0.2) is 18.5 Å². The second-order valence-electron chi connectivity index (χ2n) is 4.30. The molecule has 1 aromatic carbocycles. The molecule has 108 valence electrons. The lowest BCUT2D eigenvalue weighted by Gasteiger charge is -2.15. The molecule has 6 heteroatoms. The molecule has 0 aliphatic rings. The molecule has 1 atom stereocenters. The van der Waals surface area contributed by atoms with Gasteiger partial charge in [-0.1, -0.05) is 29.3 Å². The number of hydrogen-bond donors (Lipinski definition) is 2. The minimum absolute atomic E-state index is 0. The quantitative estimate of drug-likeness (QED) is 0.844. The van der Waals surface area contributed by atoms with Crippen LogP contribution in [0.3, 0.4) is 0 Å². The van der Waals surface area contributed by atoms with E-state index in [1.54, 1.807) is 12.1 Å². The summed E-state index contributed by atoms with van der Waals surface area (Å²) < 4.78 is 0. The first-order chi connectivity index (χ1) is 8.52. The van der Waals surface area contributed by atoms with Crippen molar-refractivity contribution in [2.75, 3.05) is 6.54 Å². The number of halogens is 3. The molecule has 0 bridgehead atoms. The summed E-state index contributed by atoms with van der Waals surface area (Å²) >= 11 is 11.9. The van der Waals surface area contributed by atoms with E-state index in [4.69, 9.17) is 28.9 Å². The van der Waals surface area contributed by atoms with E-state index in [0.717, 1.165) is 5.56 Å². The highest BCUT2D eigenvalue weighted by Gasteiger charge is 2.10. The Morgan fingerprint density at radius 1 is 1.42 bits per heavy atom. The Hall–Kier alpha value is -0.480. The summed E-state index contributed by atoms with van der Waals surface area (Å²) in [5, 5.41) is 4.16. The Balaban J connectivity index is 0.00000324. The lowest BCUT2D eigenvalue weighted by Crippen LogP contribution is -2.34. The molecular formula is C13H19Cl3N2O. The van der Waals surface area contributed by atoms with Crippen molar-refractivity contribution in [1.82, 2.24) is 5.32 Å². The highest BCUT2D eigenvalue weighted by Crippen LogP contribution is 2.22. The van der Waals surface area contributed by atoms with Gasteiger partial charge in [0.1, 0.15) is 0 Å². The van der Waals surface area contributed by atoms with Crippen LogP contribution in [0.4, 0.5) is 0 Å². The van der Waals surface area contributed by atoms with Crippen molar-refractivity contribution in [3.63, 3.8) is 0 Å². The van der Waals surface area contributed by atoms with Gasteiger partial charge in [0.15, 0.2) is 0 Å². The first-order valence-electron chi connectivity index (χ1n) is 5.96. The van der Waals surface area contributed by atoms with Gasteiger partial charge in [-0.3, -0.25) is 4.79 Å². The van der Waals surface area contributed by atoms with Gasteiger partial charge in [-0.2, -0.15) is 0 Å². The Morgan fingerprint density at radius 3 is 2.68 bits per heavy atom. The third-order valence-corrected chi connectivity index (χ3v) is 3.14. The minimum atomic E-state index is 0. The Labute approximate surface area is 130 Å². The molecule has 1 aromatic rings. The molecule has 1 amide bonds. The molecule has 3 N–H and O–H groups in total. The van der Waals surface area contributed by atoms with Crippen molar-refractivity contribution in [2.45, 2.75) is 32.2 Å². The molecule has 1 unspecified atom stereocenters. The van der Waals surface area contributed by atoms with Crippen LogP contribution >= 0.6 is 35.6 Å². The van der Waals surface area contributed by atoms with Crippen molar-refractivity contribution in [1.29, 1.82) is 0 Å². The predicted molar refractivity (Wildman–Crippen MR) is 83.3 cm³/mol. The topological polar surface area (TPSA) is 55.1 Å². The average molecular weight is 326 g/mol. The molecule has 0 aromatic heterocycles. The number of nitrogens with one attached hydrogen (secondary N) is 1. The van der Waals surface area contributed by atoms with Crippen molar-refractivity contribution >= 4 is 41.5 Å². The SMILES string of the molecule is CC(Cc1ccc(Cl)cc1Cl)NC(=O)CCCN.Cl. The van der Waals surface area contributed by atoms with Gasteiger partial charge in [0.2, 0.25) is 5.91 Å². The second kappa shape index (κ2) is 9.43. The number of rotatable bonds is 6. The third kappa shape index (κ3) is 7.02. The standard InChI is InChI=1S/C13H18Cl2N2O.ClH/c1-9(17-13(18)3-2-6-16)7-10-4-5-11(14)8-12(10)15;/h4-5,8-9H,2-3,6-7,16H2,1H3,(H,17,18);1H. The molecule has 0 saturated heterocycles. The predicted octanol–water partition coefficient (Wildman–Crippen LogP) is 3.20. The monoisotopic (exact) mass is 324 g/mol. The zero-order chi connectivity index (χ0) is 13.5. The summed E-state index contributed by atoms with van der Waals surface area (Å²) in [5.74, 6) is 0.0260. The number of nitrogens with two attached hydrogens (primary N) is 1. The van der Waals surface area contributed by atoms with E-state index >= 15 is 0 Å². The fourth-order valence-corrected chi connectivity index (χ4v) is 2.16. The van der Waals surface area contributed by atoms with Crippen LogP contribution in [0.5, 0.6) is 0 Å². The van der Waals surface area contributed by atoms with E-state index < -0.39 is 0 Å².